The third-order valence-corrected chi connectivity index (χ3v) is 4.38. The molecular formula is C16H12FN3O4S. The highest BCUT2D eigenvalue weighted by molar-refractivity contribution is 8.16. The van der Waals surface area contributed by atoms with Gasteiger partial charge in [0.15, 0.2) is 5.17 Å². The van der Waals surface area contributed by atoms with E-state index in [0.717, 1.165) is 11.8 Å². The molecule has 1 aliphatic heterocycles. The second-order valence-electron chi connectivity index (χ2n) is 5.00. The molecule has 0 radical (unpaired) electrons. The van der Waals surface area contributed by atoms with Crippen LogP contribution in [0.1, 0.15) is 12.2 Å². The number of carbonyl (C=O) groups excluding carboxylic acids is 1. The van der Waals surface area contributed by atoms with Crippen molar-refractivity contribution in [3.05, 3.63) is 54.2 Å². The zero-order valence-electron chi connectivity index (χ0n) is 12.7. The number of hydrogen-bond donors (Lipinski definition) is 1. The molecule has 1 amide bonds. The number of nitrogens with zero attached hydrogens (tertiary/aromatic N) is 3. The average Bonchev–Trinajstić information content (AvgIpc) is 3.18. The van der Waals surface area contributed by atoms with E-state index in [1.807, 2.05) is 0 Å². The molecule has 3 rings (SSSR count). The number of carboxylic acids is 1. The van der Waals surface area contributed by atoms with E-state index < -0.39 is 22.9 Å². The lowest BCUT2D eigenvalue weighted by Crippen LogP contribution is -2.32. The van der Waals surface area contributed by atoms with Gasteiger partial charge in [0.1, 0.15) is 16.8 Å². The van der Waals surface area contributed by atoms with Crippen LogP contribution in [0.2, 0.25) is 0 Å². The number of halogens is 1. The highest BCUT2D eigenvalue weighted by Gasteiger charge is 2.40. The summed E-state index contributed by atoms with van der Waals surface area (Å²) in [6.45, 7) is 0. The molecule has 7 nitrogen and oxygen atoms in total. The van der Waals surface area contributed by atoms with Crippen LogP contribution in [-0.4, -0.2) is 33.6 Å². The summed E-state index contributed by atoms with van der Waals surface area (Å²) in [7, 11) is 0. The van der Waals surface area contributed by atoms with Crippen molar-refractivity contribution in [2.45, 2.75) is 11.7 Å². The standard InChI is InChI=1S/C16H12FN3O4S/c17-10-3-5-11(6-4-10)20-15(23)13(8-14(21)22)25-16(20)19-18-9-12-2-1-7-24-12/h1-7,9,13H,8H2,(H,21,22)/b18-9-,19-16+/t13-/m1/s1. The first-order chi connectivity index (χ1) is 12.0. The fraction of sp³-hybridized carbons (Fsp3) is 0.125. The number of carbonyl (C=O) groups is 2. The second-order valence-corrected chi connectivity index (χ2v) is 6.17. The molecule has 0 aliphatic carbocycles. The molecule has 1 aliphatic rings. The zero-order valence-corrected chi connectivity index (χ0v) is 13.5. The maximum Gasteiger partial charge on any atom is 0.305 e. The van der Waals surface area contributed by atoms with Crippen molar-refractivity contribution < 1.29 is 23.5 Å². The molecule has 0 unspecified atom stereocenters. The number of benzene rings is 1. The van der Waals surface area contributed by atoms with Gasteiger partial charge in [-0.1, -0.05) is 11.8 Å². The molecule has 128 valence electrons. The van der Waals surface area contributed by atoms with Gasteiger partial charge in [-0.25, -0.2) is 4.39 Å². The van der Waals surface area contributed by atoms with E-state index in [4.69, 9.17) is 9.52 Å². The lowest BCUT2D eigenvalue weighted by molar-refractivity contribution is -0.138. The van der Waals surface area contributed by atoms with Crippen molar-refractivity contribution in [2.75, 3.05) is 4.90 Å². The fourth-order valence-corrected chi connectivity index (χ4v) is 3.23. The second kappa shape index (κ2) is 7.31. The van der Waals surface area contributed by atoms with Crippen LogP contribution >= 0.6 is 11.8 Å². The molecule has 1 saturated heterocycles. The summed E-state index contributed by atoms with van der Waals surface area (Å²) >= 11 is 0.999. The minimum atomic E-state index is -1.09. The van der Waals surface area contributed by atoms with Gasteiger partial charge in [-0.15, -0.1) is 5.10 Å². The molecule has 0 spiro atoms. The van der Waals surface area contributed by atoms with E-state index in [1.54, 1.807) is 12.1 Å². The molecule has 2 heterocycles. The van der Waals surface area contributed by atoms with Crippen molar-refractivity contribution in [3.8, 4) is 0 Å². The molecule has 1 fully saturated rings. The van der Waals surface area contributed by atoms with Crippen LogP contribution in [0, 0.1) is 5.82 Å². The number of anilines is 1. The Morgan fingerprint density at radius 2 is 2.12 bits per heavy atom. The Bertz CT molecular complexity index is 834. The van der Waals surface area contributed by atoms with Crippen LogP contribution in [0.3, 0.4) is 0 Å². The third kappa shape index (κ3) is 3.94. The highest BCUT2D eigenvalue weighted by Crippen LogP contribution is 2.33. The number of amidine groups is 1. The number of aliphatic carboxylic acids is 1. The van der Waals surface area contributed by atoms with Crippen LogP contribution in [0.25, 0.3) is 0 Å². The Balaban J connectivity index is 1.90. The summed E-state index contributed by atoms with van der Waals surface area (Å²) in [6, 6.07) is 8.63. The van der Waals surface area contributed by atoms with E-state index in [1.165, 1.54) is 41.6 Å². The molecule has 1 atom stereocenters. The number of amides is 1. The van der Waals surface area contributed by atoms with Crippen LogP contribution < -0.4 is 4.90 Å². The van der Waals surface area contributed by atoms with Crippen LogP contribution in [0.15, 0.2) is 57.3 Å². The summed E-state index contributed by atoms with van der Waals surface area (Å²) in [4.78, 5) is 24.7. The van der Waals surface area contributed by atoms with Crippen LogP contribution in [0.5, 0.6) is 0 Å². The van der Waals surface area contributed by atoms with Gasteiger partial charge in [-0.05, 0) is 36.4 Å². The Kier molecular flexibility index (Phi) is 4.94. The monoisotopic (exact) mass is 361 g/mol. The average molecular weight is 361 g/mol. The van der Waals surface area contributed by atoms with Gasteiger partial charge >= 0.3 is 5.97 Å². The van der Waals surface area contributed by atoms with E-state index in [9.17, 15) is 14.0 Å². The summed E-state index contributed by atoms with van der Waals surface area (Å²) < 4.78 is 18.2. The first kappa shape index (κ1) is 16.9. The first-order valence-electron chi connectivity index (χ1n) is 7.17. The van der Waals surface area contributed by atoms with Gasteiger partial charge < -0.3 is 9.52 Å². The van der Waals surface area contributed by atoms with Crippen molar-refractivity contribution in [1.82, 2.24) is 0 Å². The van der Waals surface area contributed by atoms with E-state index in [0.29, 0.717) is 11.4 Å². The van der Waals surface area contributed by atoms with Gasteiger partial charge in [0, 0.05) is 0 Å². The Morgan fingerprint density at radius 1 is 1.36 bits per heavy atom. The number of furan rings is 1. The van der Waals surface area contributed by atoms with Gasteiger partial charge in [-0.2, -0.15) is 5.10 Å². The number of rotatable bonds is 5. The lowest BCUT2D eigenvalue weighted by atomic mass is 10.2. The minimum absolute atomic E-state index is 0.214. The van der Waals surface area contributed by atoms with E-state index in [-0.39, 0.29) is 11.6 Å². The maximum atomic E-state index is 13.1. The smallest absolute Gasteiger partial charge is 0.305 e. The third-order valence-electron chi connectivity index (χ3n) is 3.25. The summed E-state index contributed by atoms with van der Waals surface area (Å²) in [5, 5.41) is 16.2. The first-order valence-corrected chi connectivity index (χ1v) is 8.05. The molecule has 1 N–H and O–H groups in total. The highest BCUT2D eigenvalue weighted by atomic mass is 32.2. The van der Waals surface area contributed by atoms with E-state index in [2.05, 4.69) is 10.2 Å². The Hall–Kier alpha value is -2.94. The van der Waals surface area contributed by atoms with Crippen LogP contribution in [-0.2, 0) is 9.59 Å². The maximum absolute atomic E-state index is 13.1. The summed E-state index contributed by atoms with van der Waals surface area (Å²) in [5.74, 6) is -1.50. The van der Waals surface area contributed by atoms with Gasteiger partial charge in [0.05, 0.1) is 24.6 Å². The minimum Gasteiger partial charge on any atom is -0.481 e. The summed E-state index contributed by atoms with van der Waals surface area (Å²) in [6.07, 6.45) is 2.50. The van der Waals surface area contributed by atoms with Gasteiger partial charge in [0.2, 0.25) is 5.91 Å². The zero-order chi connectivity index (χ0) is 17.8. The predicted octanol–water partition coefficient (Wildman–Crippen LogP) is 2.73. The molecule has 0 saturated carbocycles. The number of thioether (sulfide) groups is 1. The number of carboxylic acid groups (broad SMARTS) is 1. The molecular weight excluding hydrogens is 349 g/mol. The van der Waals surface area contributed by atoms with Crippen LogP contribution in [0.4, 0.5) is 10.1 Å². The van der Waals surface area contributed by atoms with Crippen molar-refractivity contribution in [1.29, 1.82) is 0 Å². The quantitative estimate of drug-likeness (QED) is 0.653. The largest absolute Gasteiger partial charge is 0.481 e. The summed E-state index contributed by atoms with van der Waals surface area (Å²) in [5.41, 5.74) is 0.388. The lowest BCUT2D eigenvalue weighted by Gasteiger charge is -2.15. The molecule has 9 heteroatoms. The van der Waals surface area contributed by atoms with E-state index >= 15 is 0 Å². The molecule has 0 bridgehead atoms. The predicted molar refractivity (Wildman–Crippen MR) is 91.3 cm³/mol. The fourth-order valence-electron chi connectivity index (χ4n) is 2.15. The molecule has 25 heavy (non-hydrogen) atoms. The topological polar surface area (TPSA) is 95.5 Å². The number of hydrogen-bond acceptors (Lipinski definition) is 6. The Labute approximate surface area is 145 Å². The SMILES string of the molecule is O=C(O)C[C@H]1S/C(=N/N=C\c2ccco2)N(c2ccc(F)cc2)C1=O. The van der Waals surface area contributed by atoms with Crippen molar-refractivity contribution in [2.24, 2.45) is 10.2 Å². The van der Waals surface area contributed by atoms with Gasteiger partial charge in [-0.3, -0.25) is 14.5 Å². The Morgan fingerprint density at radius 3 is 2.76 bits per heavy atom. The van der Waals surface area contributed by atoms with Gasteiger partial charge in [0.25, 0.3) is 0 Å². The normalized spacial score (nSPS) is 19.2. The van der Waals surface area contributed by atoms with Crippen molar-refractivity contribution in [3.63, 3.8) is 0 Å². The van der Waals surface area contributed by atoms with Crippen molar-refractivity contribution >= 4 is 40.7 Å². The molecule has 1 aromatic carbocycles. The molecule has 2 aromatic rings. The molecule has 1 aromatic heterocycles.